The van der Waals surface area contributed by atoms with Crippen LogP contribution in [0.1, 0.15) is 45.7 Å². The van der Waals surface area contributed by atoms with Crippen LogP contribution in [0.4, 0.5) is 0 Å². The Hall–Kier alpha value is -3.26. The monoisotopic (exact) mass is 520 g/mol. The number of rotatable bonds is 13. The van der Waals surface area contributed by atoms with E-state index in [4.69, 9.17) is 35.3 Å². The van der Waals surface area contributed by atoms with Crippen LogP contribution in [0.2, 0.25) is 0 Å². The summed E-state index contributed by atoms with van der Waals surface area (Å²) in [6, 6.07) is 15.4. The van der Waals surface area contributed by atoms with Crippen LogP contribution in [0.3, 0.4) is 0 Å². The van der Waals surface area contributed by atoms with Crippen molar-refractivity contribution < 1.29 is 38.1 Å². The van der Waals surface area contributed by atoms with E-state index >= 15 is 0 Å². The van der Waals surface area contributed by atoms with E-state index in [-0.39, 0.29) is 37.8 Å². The van der Waals surface area contributed by atoms with E-state index < -0.39 is 23.4 Å². The summed E-state index contributed by atoms with van der Waals surface area (Å²) in [6.45, 7) is 8.44. The number of alkyl halides is 1. The van der Waals surface area contributed by atoms with Gasteiger partial charge in [-0.3, -0.25) is 14.4 Å². The second-order valence-electron chi connectivity index (χ2n) is 8.73. The lowest BCUT2D eigenvalue weighted by Crippen LogP contribution is -2.29. The van der Waals surface area contributed by atoms with Crippen molar-refractivity contribution >= 4 is 29.5 Å². The van der Waals surface area contributed by atoms with E-state index in [1.165, 1.54) is 20.8 Å². The SMILES string of the molecule is CC(=O)OC[C@@H](Cl)COc1ccc(C(C)(C)c2ccc(OC[C@H](COC(C)=O)OC(C)=O)cc2)cc1. The molecule has 36 heavy (non-hydrogen) atoms. The number of hydrogen-bond donors (Lipinski definition) is 0. The van der Waals surface area contributed by atoms with Gasteiger partial charge in [0.1, 0.15) is 43.3 Å². The number of carbonyl (C=O) groups is 3. The van der Waals surface area contributed by atoms with Crippen molar-refractivity contribution in [3.05, 3.63) is 59.7 Å². The van der Waals surface area contributed by atoms with E-state index in [1.807, 2.05) is 48.5 Å². The Morgan fingerprint density at radius 3 is 1.58 bits per heavy atom. The molecule has 0 unspecified atom stereocenters. The Morgan fingerprint density at radius 2 is 1.14 bits per heavy atom. The summed E-state index contributed by atoms with van der Waals surface area (Å²) in [5.74, 6) is -0.0441. The minimum Gasteiger partial charge on any atom is -0.492 e. The molecule has 8 nitrogen and oxygen atoms in total. The second kappa shape index (κ2) is 13.7. The van der Waals surface area contributed by atoms with Crippen LogP contribution in [0, 0.1) is 0 Å². The predicted molar refractivity (Wildman–Crippen MR) is 134 cm³/mol. The van der Waals surface area contributed by atoms with Gasteiger partial charge in [-0.25, -0.2) is 0 Å². The van der Waals surface area contributed by atoms with Gasteiger partial charge >= 0.3 is 17.9 Å². The van der Waals surface area contributed by atoms with Crippen molar-refractivity contribution in [3.63, 3.8) is 0 Å². The number of benzene rings is 2. The molecule has 0 amide bonds. The van der Waals surface area contributed by atoms with Crippen LogP contribution in [0.5, 0.6) is 11.5 Å². The van der Waals surface area contributed by atoms with Crippen molar-refractivity contribution in [2.45, 2.75) is 51.5 Å². The topological polar surface area (TPSA) is 97.4 Å². The Morgan fingerprint density at radius 1 is 0.694 bits per heavy atom. The van der Waals surface area contributed by atoms with Gasteiger partial charge < -0.3 is 23.7 Å². The maximum Gasteiger partial charge on any atom is 0.303 e. The zero-order chi connectivity index (χ0) is 26.7. The van der Waals surface area contributed by atoms with Gasteiger partial charge in [-0.15, -0.1) is 11.6 Å². The highest BCUT2D eigenvalue weighted by Gasteiger charge is 2.23. The minimum absolute atomic E-state index is 0.0566. The summed E-state index contributed by atoms with van der Waals surface area (Å²) in [5, 5.41) is -0.434. The highest BCUT2D eigenvalue weighted by molar-refractivity contribution is 6.20. The van der Waals surface area contributed by atoms with Crippen LogP contribution >= 0.6 is 11.6 Å². The number of hydrogen-bond acceptors (Lipinski definition) is 8. The maximum absolute atomic E-state index is 11.3. The number of ether oxygens (including phenoxy) is 5. The largest absolute Gasteiger partial charge is 0.492 e. The molecule has 0 N–H and O–H groups in total. The van der Waals surface area contributed by atoms with Crippen molar-refractivity contribution in [1.82, 2.24) is 0 Å². The average molecular weight is 521 g/mol. The summed E-state index contributed by atoms with van der Waals surface area (Å²) in [4.78, 5) is 33.2. The summed E-state index contributed by atoms with van der Waals surface area (Å²) in [7, 11) is 0. The molecular weight excluding hydrogens is 488 g/mol. The Bertz CT molecular complexity index is 1000. The molecule has 0 heterocycles. The fraction of sp³-hybridized carbons (Fsp3) is 0.444. The first-order valence-corrected chi connectivity index (χ1v) is 12.0. The van der Waals surface area contributed by atoms with Gasteiger partial charge in [-0.2, -0.15) is 0 Å². The maximum atomic E-state index is 11.3. The van der Waals surface area contributed by atoms with E-state index in [2.05, 4.69) is 13.8 Å². The number of carbonyl (C=O) groups excluding carboxylic acids is 3. The zero-order valence-corrected chi connectivity index (χ0v) is 22.0. The van der Waals surface area contributed by atoms with Gasteiger partial charge in [0.15, 0.2) is 6.10 Å². The van der Waals surface area contributed by atoms with Gasteiger partial charge in [0.25, 0.3) is 0 Å². The lowest BCUT2D eigenvalue weighted by molar-refractivity contribution is -0.158. The first-order chi connectivity index (χ1) is 17.0. The molecule has 196 valence electrons. The lowest BCUT2D eigenvalue weighted by atomic mass is 9.78. The van der Waals surface area contributed by atoms with Crippen LogP contribution in [0.25, 0.3) is 0 Å². The first-order valence-electron chi connectivity index (χ1n) is 11.5. The molecule has 2 aromatic carbocycles. The molecule has 0 aliphatic carbocycles. The molecule has 0 aromatic heterocycles. The smallest absolute Gasteiger partial charge is 0.303 e. The highest BCUT2D eigenvalue weighted by atomic mass is 35.5. The normalized spacial score (nSPS) is 12.7. The van der Waals surface area contributed by atoms with Crippen LogP contribution in [-0.4, -0.2) is 55.8 Å². The molecule has 9 heteroatoms. The van der Waals surface area contributed by atoms with Gasteiger partial charge in [-0.1, -0.05) is 38.1 Å². The van der Waals surface area contributed by atoms with E-state index in [1.54, 1.807) is 0 Å². The fourth-order valence-corrected chi connectivity index (χ4v) is 3.42. The third-order valence-electron chi connectivity index (χ3n) is 5.29. The summed E-state index contributed by atoms with van der Waals surface area (Å²) >= 11 is 6.11. The molecule has 2 rings (SSSR count). The van der Waals surface area contributed by atoms with Crippen molar-refractivity contribution in [2.24, 2.45) is 0 Å². The van der Waals surface area contributed by atoms with Gasteiger partial charge in [0, 0.05) is 26.2 Å². The quantitative estimate of drug-likeness (QED) is 0.217. The molecule has 0 saturated heterocycles. The molecule has 2 atom stereocenters. The Balaban J connectivity index is 1.96. The lowest BCUT2D eigenvalue weighted by Gasteiger charge is -2.26. The Labute approximate surface area is 216 Å². The molecule has 0 aliphatic heterocycles. The van der Waals surface area contributed by atoms with Crippen molar-refractivity contribution in [2.75, 3.05) is 26.4 Å². The summed E-state index contributed by atoms with van der Waals surface area (Å²) < 4.78 is 26.4. The fourth-order valence-electron chi connectivity index (χ4n) is 3.30. The third kappa shape index (κ3) is 9.77. The first kappa shape index (κ1) is 29.0. The predicted octanol–water partition coefficient (Wildman–Crippen LogP) is 4.44. The molecule has 0 aliphatic rings. The Kier molecular flexibility index (Phi) is 11.0. The molecule has 0 spiro atoms. The summed E-state index contributed by atoms with van der Waals surface area (Å²) in [5.41, 5.74) is 1.86. The minimum atomic E-state index is -0.695. The molecule has 0 saturated carbocycles. The molecule has 0 radical (unpaired) electrons. The zero-order valence-electron chi connectivity index (χ0n) is 21.2. The van der Waals surface area contributed by atoms with E-state index in [0.29, 0.717) is 11.5 Å². The number of halogens is 1. The van der Waals surface area contributed by atoms with E-state index in [9.17, 15) is 14.4 Å². The average Bonchev–Trinajstić information content (AvgIpc) is 2.83. The highest BCUT2D eigenvalue weighted by Crippen LogP contribution is 2.33. The molecule has 0 bridgehead atoms. The number of esters is 3. The molecule has 2 aromatic rings. The molecular formula is C27H33ClO8. The third-order valence-corrected chi connectivity index (χ3v) is 5.54. The van der Waals surface area contributed by atoms with Gasteiger partial charge in [-0.05, 0) is 35.4 Å². The van der Waals surface area contributed by atoms with Crippen LogP contribution in [0.15, 0.2) is 48.5 Å². The van der Waals surface area contributed by atoms with Gasteiger partial charge in [0.05, 0.1) is 0 Å². The van der Waals surface area contributed by atoms with Crippen molar-refractivity contribution in [1.29, 1.82) is 0 Å². The van der Waals surface area contributed by atoms with Crippen LogP contribution in [-0.2, 0) is 34.0 Å². The summed E-state index contributed by atoms with van der Waals surface area (Å²) in [6.07, 6.45) is -0.695. The molecule has 0 fully saturated rings. The second-order valence-corrected chi connectivity index (χ2v) is 9.35. The standard InChI is InChI=1S/C27H33ClO8/c1-18(29)32-14-23(28)15-34-24-10-6-21(7-11-24)27(4,5)22-8-12-25(13-9-22)35-17-26(36-20(3)31)16-33-19(2)30/h6-13,23,26H,14-17H2,1-5H3/t23-,26+/m1/s1. The van der Waals surface area contributed by atoms with E-state index in [0.717, 1.165) is 11.1 Å². The van der Waals surface area contributed by atoms with Crippen LogP contribution < -0.4 is 9.47 Å². The van der Waals surface area contributed by atoms with Gasteiger partial charge in [0.2, 0.25) is 0 Å². The van der Waals surface area contributed by atoms with Crippen molar-refractivity contribution in [3.8, 4) is 11.5 Å².